The molecule has 2 bridgehead atoms. The van der Waals surface area contributed by atoms with E-state index in [0.29, 0.717) is 24.7 Å². The number of nitrogens with two attached hydrogens (primary N) is 1. The van der Waals surface area contributed by atoms with Gasteiger partial charge in [0.15, 0.2) is 0 Å². The first-order valence-corrected chi connectivity index (χ1v) is 5.12. The largest absolute Gasteiger partial charge is 0.480 e. The highest BCUT2D eigenvalue weighted by Crippen LogP contribution is 2.43. The van der Waals surface area contributed by atoms with E-state index in [1.807, 2.05) is 0 Å². The van der Waals surface area contributed by atoms with E-state index >= 15 is 0 Å². The third kappa shape index (κ3) is 1.57. The Morgan fingerprint density at radius 2 is 1.85 bits per heavy atom. The van der Waals surface area contributed by atoms with Crippen molar-refractivity contribution in [1.82, 2.24) is 0 Å². The molecular formula is C10H17NO2. The average Bonchev–Trinajstić information content (AvgIpc) is 2.02. The Kier molecular flexibility index (Phi) is 2.06. The van der Waals surface area contributed by atoms with Crippen molar-refractivity contribution in [3.63, 3.8) is 0 Å². The predicted octanol–water partition coefficient (Wildman–Crippen LogP) is 1.37. The minimum Gasteiger partial charge on any atom is -0.480 e. The van der Waals surface area contributed by atoms with Crippen molar-refractivity contribution in [3.8, 4) is 0 Å². The third-order valence-corrected chi connectivity index (χ3v) is 3.62. The minimum atomic E-state index is -0.909. The first-order valence-electron chi connectivity index (χ1n) is 5.12. The summed E-state index contributed by atoms with van der Waals surface area (Å²) < 4.78 is 0. The molecule has 0 radical (unpaired) electrons. The van der Waals surface area contributed by atoms with Gasteiger partial charge in [0.25, 0.3) is 0 Å². The molecule has 74 valence electrons. The zero-order chi connectivity index (χ0) is 9.47. The maximum absolute atomic E-state index is 11.0. The van der Waals surface area contributed by atoms with Gasteiger partial charge >= 0.3 is 5.97 Å². The quantitative estimate of drug-likeness (QED) is 0.645. The smallest absolute Gasteiger partial charge is 0.323 e. The molecule has 2 rings (SSSR count). The molecule has 0 unspecified atom stereocenters. The van der Waals surface area contributed by atoms with Crippen LogP contribution < -0.4 is 5.73 Å². The van der Waals surface area contributed by atoms with Crippen molar-refractivity contribution in [2.24, 2.45) is 17.6 Å². The van der Waals surface area contributed by atoms with Gasteiger partial charge in [-0.05, 0) is 31.1 Å². The van der Waals surface area contributed by atoms with Crippen LogP contribution in [0.25, 0.3) is 0 Å². The molecule has 0 aromatic carbocycles. The molecule has 3 nitrogen and oxygen atoms in total. The molecule has 0 aliphatic heterocycles. The van der Waals surface area contributed by atoms with Crippen LogP contribution in [0.3, 0.4) is 0 Å². The van der Waals surface area contributed by atoms with Crippen LogP contribution in [-0.4, -0.2) is 16.6 Å². The fourth-order valence-electron chi connectivity index (χ4n) is 3.06. The van der Waals surface area contributed by atoms with Crippen molar-refractivity contribution >= 4 is 5.97 Å². The summed E-state index contributed by atoms with van der Waals surface area (Å²) in [7, 11) is 0. The highest BCUT2D eigenvalue weighted by Gasteiger charge is 2.44. The molecule has 3 heteroatoms. The highest BCUT2D eigenvalue weighted by atomic mass is 16.4. The molecular weight excluding hydrogens is 166 g/mol. The summed E-state index contributed by atoms with van der Waals surface area (Å²) >= 11 is 0. The maximum atomic E-state index is 11.0. The van der Waals surface area contributed by atoms with Crippen LogP contribution >= 0.6 is 0 Å². The number of fused-ring (bicyclic) bond motifs is 2. The minimum absolute atomic E-state index is 0.577. The lowest BCUT2D eigenvalue weighted by Gasteiger charge is -2.42. The lowest BCUT2D eigenvalue weighted by Crippen LogP contribution is -2.54. The van der Waals surface area contributed by atoms with E-state index < -0.39 is 11.5 Å². The lowest BCUT2D eigenvalue weighted by molar-refractivity contribution is -0.146. The van der Waals surface area contributed by atoms with Gasteiger partial charge < -0.3 is 10.8 Å². The summed E-state index contributed by atoms with van der Waals surface area (Å²) in [4.78, 5) is 11.0. The first kappa shape index (κ1) is 9.00. The van der Waals surface area contributed by atoms with E-state index in [1.54, 1.807) is 0 Å². The van der Waals surface area contributed by atoms with Crippen molar-refractivity contribution in [3.05, 3.63) is 0 Å². The fourth-order valence-corrected chi connectivity index (χ4v) is 3.06. The Balaban J connectivity index is 2.13. The SMILES string of the molecule is NC1(C(=O)O)C[C@@H]2CCC[C@H](C2)C1. The van der Waals surface area contributed by atoms with E-state index in [2.05, 4.69) is 0 Å². The fraction of sp³-hybridized carbons (Fsp3) is 0.900. The average molecular weight is 183 g/mol. The predicted molar refractivity (Wildman–Crippen MR) is 49.2 cm³/mol. The standard InChI is InChI=1S/C10H17NO2/c11-10(9(12)13)5-7-2-1-3-8(4-7)6-10/h7-8H,1-6,11H2,(H,12,13)/t7-,8-/m1/s1. The summed E-state index contributed by atoms with van der Waals surface area (Å²) in [6.07, 6.45) is 6.24. The Hall–Kier alpha value is -0.570. The van der Waals surface area contributed by atoms with Gasteiger partial charge in [0.2, 0.25) is 0 Å². The number of carboxylic acids is 1. The number of hydrogen-bond donors (Lipinski definition) is 2. The topological polar surface area (TPSA) is 63.3 Å². The van der Waals surface area contributed by atoms with Crippen LogP contribution in [0.15, 0.2) is 0 Å². The Bertz CT molecular complexity index is 215. The number of hydrogen-bond acceptors (Lipinski definition) is 2. The Labute approximate surface area is 78.3 Å². The van der Waals surface area contributed by atoms with Gasteiger partial charge in [-0.2, -0.15) is 0 Å². The molecule has 0 aromatic rings. The van der Waals surface area contributed by atoms with Crippen LogP contribution in [0.5, 0.6) is 0 Å². The zero-order valence-corrected chi connectivity index (χ0v) is 7.83. The molecule has 2 saturated carbocycles. The van der Waals surface area contributed by atoms with E-state index in [9.17, 15) is 4.79 Å². The summed E-state index contributed by atoms with van der Waals surface area (Å²) in [5.41, 5.74) is 4.98. The zero-order valence-electron chi connectivity index (χ0n) is 7.83. The van der Waals surface area contributed by atoms with Crippen molar-refractivity contribution < 1.29 is 9.90 Å². The molecule has 0 amide bonds. The monoisotopic (exact) mass is 183 g/mol. The Morgan fingerprint density at radius 3 is 2.31 bits per heavy atom. The van der Waals surface area contributed by atoms with Gasteiger partial charge in [-0.1, -0.05) is 19.3 Å². The number of carboxylic acid groups (broad SMARTS) is 1. The summed E-state index contributed by atoms with van der Waals surface area (Å²) in [5, 5.41) is 9.03. The summed E-state index contributed by atoms with van der Waals surface area (Å²) in [5.74, 6) is 0.353. The van der Waals surface area contributed by atoms with Crippen molar-refractivity contribution in [2.45, 2.75) is 44.1 Å². The van der Waals surface area contributed by atoms with Crippen LogP contribution in [0.2, 0.25) is 0 Å². The van der Waals surface area contributed by atoms with Crippen molar-refractivity contribution in [2.75, 3.05) is 0 Å². The highest BCUT2D eigenvalue weighted by molar-refractivity contribution is 5.78. The molecule has 2 fully saturated rings. The normalized spacial score (nSPS) is 44.4. The van der Waals surface area contributed by atoms with Crippen molar-refractivity contribution in [1.29, 1.82) is 0 Å². The van der Waals surface area contributed by atoms with Gasteiger partial charge in [0.05, 0.1) is 0 Å². The number of aliphatic carboxylic acids is 1. The van der Waals surface area contributed by atoms with Crippen LogP contribution in [0.4, 0.5) is 0 Å². The molecule has 2 aliphatic carbocycles. The van der Waals surface area contributed by atoms with Gasteiger partial charge in [0.1, 0.15) is 5.54 Å². The van der Waals surface area contributed by atoms with E-state index in [-0.39, 0.29) is 0 Å². The molecule has 0 spiro atoms. The molecule has 0 saturated heterocycles. The van der Waals surface area contributed by atoms with Crippen LogP contribution in [0.1, 0.15) is 38.5 Å². The van der Waals surface area contributed by atoms with Gasteiger partial charge in [-0.25, -0.2) is 0 Å². The second-order valence-electron chi connectivity index (χ2n) is 4.77. The van der Waals surface area contributed by atoms with E-state index in [4.69, 9.17) is 10.8 Å². The van der Waals surface area contributed by atoms with Gasteiger partial charge in [-0.3, -0.25) is 4.79 Å². The summed E-state index contributed by atoms with van der Waals surface area (Å²) in [6.45, 7) is 0. The number of rotatable bonds is 1. The van der Waals surface area contributed by atoms with Gasteiger partial charge in [0, 0.05) is 0 Å². The molecule has 0 aromatic heterocycles. The van der Waals surface area contributed by atoms with Crippen LogP contribution in [-0.2, 0) is 4.79 Å². The van der Waals surface area contributed by atoms with E-state index in [1.165, 1.54) is 25.7 Å². The molecule has 13 heavy (non-hydrogen) atoms. The van der Waals surface area contributed by atoms with E-state index in [0.717, 1.165) is 0 Å². The Morgan fingerprint density at radius 1 is 1.31 bits per heavy atom. The van der Waals surface area contributed by atoms with Crippen LogP contribution in [0, 0.1) is 11.8 Å². The first-order chi connectivity index (χ1) is 6.10. The second-order valence-corrected chi connectivity index (χ2v) is 4.77. The maximum Gasteiger partial charge on any atom is 0.323 e. The molecule has 2 aliphatic rings. The molecule has 0 heterocycles. The lowest BCUT2D eigenvalue weighted by atomic mass is 9.65. The van der Waals surface area contributed by atoms with Gasteiger partial charge in [-0.15, -0.1) is 0 Å². The molecule has 2 atom stereocenters. The third-order valence-electron chi connectivity index (χ3n) is 3.62. The molecule has 3 N–H and O–H groups in total. The second kappa shape index (κ2) is 2.98. The summed E-state index contributed by atoms with van der Waals surface area (Å²) in [6, 6.07) is 0. The number of carbonyl (C=O) groups is 1.